The number of carbonyl (C=O) groups excluding carboxylic acids is 1. The molecular weight excluding hydrogens is 532 g/mol. The van der Waals surface area contributed by atoms with Crippen LogP contribution in [0.5, 0.6) is 5.75 Å². The number of aromatic amines is 1. The van der Waals surface area contributed by atoms with Crippen LogP contribution in [0.2, 0.25) is 0 Å². The van der Waals surface area contributed by atoms with Gasteiger partial charge in [-0.05, 0) is 93.2 Å². The van der Waals surface area contributed by atoms with Gasteiger partial charge in [0.25, 0.3) is 0 Å². The average molecular weight is 577 g/mol. The van der Waals surface area contributed by atoms with E-state index in [0.717, 1.165) is 67.0 Å². The first-order valence-electron chi connectivity index (χ1n) is 15.4. The van der Waals surface area contributed by atoms with Crippen molar-refractivity contribution in [2.75, 3.05) is 32.7 Å². The van der Waals surface area contributed by atoms with Gasteiger partial charge in [0, 0.05) is 44.7 Å². The molecular formula is C33H44N4O3S. The normalized spacial score (nSPS) is 25.1. The third-order valence-corrected chi connectivity index (χ3v) is 11.1. The molecule has 220 valence electrons. The Kier molecular flexibility index (Phi) is 8.25. The highest BCUT2D eigenvalue weighted by Crippen LogP contribution is 2.57. The fourth-order valence-electron chi connectivity index (χ4n) is 8.58. The molecule has 7 rings (SSSR count). The quantitative estimate of drug-likeness (QED) is 0.270. The summed E-state index contributed by atoms with van der Waals surface area (Å²) in [5.74, 6) is 2.45. The Balaban J connectivity index is 1.21. The number of primary amides is 1. The first-order chi connectivity index (χ1) is 19.8. The zero-order chi connectivity index (χ0) is 28.6. The van der Waals surface area contributed by atoms with Gasteiger partial charge in [-0.3, -0.25) is 14.5 Å². The number of hydrogen-bond acceptors (Lipinski definition) is 6. The molecule has 0 saturated heterocycles. The van der Waals surface area contributed by atoms with Crippen LogP contribution in [0.1, 0.15) is 61.6 Å². The van der Waals surface area contributed by atoms with Crippen LogP contribution in [0.4, 0.5) is 0 Å². The first kappa shape index (κ1) is 28.4. The molecule has 0 spiro atoms. The highest BCUT2D eigenvalue weighted by Gasteiger charge is 2.53. The molecule has 4 N–H and O–H groups in total. The van der Waals surface area contributed by atoms with Gasteiger partial charge in [0.1, 0.15) is 11.3 Å². The average Bonchev–Trinajstić information content (AvgIpc) is 3.32. The number of nitrogens with zero attached hydrogens (tertiary/aromatic N) is 2. The number of aromatic hydroxyl groups is 1. The lowest BCUT2D eigenvalue weighted by Crippen LogP contribution is -2.61. The maximum Gasteiger partial charge on any atom is 0.305 e. The van der Waals surface area contributed by atoms with E-state index < -0.39 is 0 Å². The molecule has 0 radical (unpaired) electrons. The van der Waals surface area contributed by atoms with Gasteiger partial charge in [-0.2, -0.15) is 0 Å². The number of H-pyrrole nitrogens is 1. The van der Waals surface area contributed by atoms with Crippen LogP contribution >= 0.6 is 11.3 Å². The van der Waals surface area contributed by atoms with E-state index in [1.165, 1.54) is 61.0 Å². The van der Waals surface area contributed by atoms with Crippen LogP contribution in [-0.2, 0) is 17.6 Å². The van der Waals surface area contributed by atoms with Crippen molar-refractivity contribution in [1.29, 1.82) is 0 Å². The molecule has 1 aromatic heterocycles. The highest BCUT2D eigenvalue weighted by molar-refractivity contribution is 7.16. The SMILES string of the molecule is Cc1cccc(CCN(CCC(N)=O)CCN(CCc2ccc(O)c3[nH]c(=O)sc23)C23CC4CC(CC(C4)C2)C3)c1. The number of thiazole rings is 1. The maximum absolute atomic E-state index is 12.1. The van der Waals surface area contributed by atoms with E-state index in [1.54, 1.807) is 6.07 Å². The number of carbonyl (C=O) groups is 1. The van der Waals surface area contributed by atoms with Crippen molar-refractivity contribution in [1.82, 2.24) is 14.8 Å². The predicted molar refractivity (Wildman–Crippen MR) is 165 cm³/mol. The number of benzene rings is 2. The van der Waals surface area contributed by atoms with E-state index >= 15 is 0 Å². The molecule has 7 nitrogen and oxygen atoms in total. The van der Waals surface area contributed by atoms with Crippen molar-refractivity contribution in [2.45, 2.75) is 70.3 Å². The summed E-state index contributed by atoms with van der Waals surface area (Å²) in [5.41, 5.74) is 10.1. The fourth-order valence-corrected chi connectivity index (χ4v) is 9.48. The van der Waals surface area contributed by atoms with Crippen molar-refractivity contribution >= 4 is 27.5 Å². The van der Waals surface area contributed by atoms with E-state index in [2.05, 4.69) is 46.0 Å². The number of phenols is 1. The number of hydrogen-bond donors (Lipinski definition) is 3. The Morgan fingerprint density at radius 1 is 1.00 bits per heavy atom. The van der Waals surface area contributed by atoms with Crippen LogP contribution in [0.3, 0.4) is 0 Å². The summed E-state index contributed by atoms with van der Waals surface area (Å²) in [6.45, 7) is 6.52. The summed E-state index contributed by atoms with van der Waals surface area (Å²) in [6, 6.07) is 12.4. The lowest BCUT2D eigenvalue weighted by atomic mass is 9.52. The summed E-state index contributed by atoms with van der Waals surface area (Å²) in [7, 11) is 0. The minimum Gasteiger partial charge on any atom is -0.506 e. The number of amides is 1. The predicted octanol–water partition coefficient (Wildman–Crippen LogP) is 4.84. The number of aryl methyl sites for hydroxylation is 1. The number of nitrogens with one attached hydrogen (secondary N) is 1. The lowest BCUT2D eigenvalue weighted by molar-refractivity contribution is -0.118. The molecule has 1 heterocycles. The van der Waals surface area contributed by atoms with E-state index in [1.807, 2.05) is 6.07 Å². The van der Waals surface area contributed by atoms with Crippen LogP contribution in [0.15, 0.2) is 41.2 Å². The standard InChI is InChI=1S/C33H44N4O3S/c1-22-3-2-4-23(15-22)7-10-36(11-9-29(34)39)13-14-37(33-19-24-16-25(20-33)18-26(17-24)21-33)12-8-27-5-6-28(38)30-31(27)41-32(40)35-30/h2-6,15,24-26,38H,7-14,16-21H2,1H3,(H2,34,39)(H,35,40). The van der Waals surface area contributed by atoms with Gasteiger partial charge in [-0.25, -0.2) is 0 Å². The molecule has 2 aromatic carbocycles. The number of phenolic OH excluding ortho intramolecular Hbond substituents is 1. The molecule has 1 amide bonds. The Hall–Kier alpha value is -2.68. The number of nitrogens with two attached hydrogens (primary N) is 1. The maximum atomic E-state index is 12.1. The third-order valence-electron chi connectivity index (χ3n) is 10.1. The van der Waals surface area contributed by atoms with Gasteiger partial charge in [-0.1, -0.05) is 47.2 Å². The second-order valence-electron chi connectivity index (χ2n) is 13.1. The monoisotopic (exact) mass is 576 g/mol. The van der Waals surface area contributed by atoms with E-state index in [4.69, 9.17) is 5.73 Å². The van der Waals surface area contributed by atoms with E-state index in [0.29, 0.717) is 18.5 Å². The topological polar surface area (TPSA) is 103 Å². The zero-order valence-electron chi connectivity index (χ0n) is 24.2. The van der Waals surface area contributed by atoms with Gasteiger partial charge in [0.05, 0.1) is 4.70 Å². The molecule has 0 atom stereocenters. The van der Waals surface area contributed by atoms with E-state index in [-0.39, 0.29) is 22.1 Å². The lowest BCUT2D eigenvalue weighted by Gasteiger charge is -2.61. The summed E-state index contributed by atoms with van der Waals surface area (Å²) < 4.78 is 0.877. The van der Waals surface area contributed by atoms with Gasteiger partial charge in [0.2, 0.25) is 5.91 Å². The number of aromatic nitrogens is 1. The molecule has 0 unspecified atom stereocenters. The van der Waals surface area contributed by atoms with E-state index in [9.17, 15) is 14.7 Å². The molecule has 4 fully saturated rings. The van der Waals surface area contributed by atoms with Gasteiger partial charge < -0.3 is 20.7 Å². The summed E-state index contributed by atoms with van der Waals surface area (Å²) in [6.07, 6.45) is 10.3. The first-order valence-corrected chi connectivity index (χ1v) is 16.2. The van der Waals surface area contributed by atoms with Crippen LogP contribution in [-0.4, -0.2) is 64.1 Å². The van der Waals surface area contributed by atoms with Crippen molar-refractivity contribution in [3.63, 3.8) is 0 Å². The van der Waals surface area contributed by atoms with Crippen LogP contribution < -0.4 is 10.6 Å². The largest absolute Gasteiger partial charge is 0.506 e. The summed E-state index contributed by atoms with van der Waals surface area (Å²) >= 11 is 1.20. The molecule has 0 aliphatic heterocycles. The third kappa shape index (κ3) is 6.40. The molecule has 4 bridgehead atoms. The summed E-state index contributed by atoms with van der Waals surface area (Å²) in [5, 5.41) is 10.3. The Morgan fingerprint density at radius 2 is 1.73 bits per heavy atom. The second kappa shape index (κ2) is 11.9. The molecule has 4 aliphatic rings. The molecule has 4 saturated carbocycles. The Morgan fingerprint density at radius 3 is 2.41 bits per heavy atom. The van der Waals surface area contributed by atoms with Crippen LogP contribution in [0.25, 0.3) is 10.2 Å². The molecule has 8 heteroatoms. The van der Waals surface area contributed by atoms with Gasteiger partial charge >= 0.3 is 4.87 Å². The van der Waals surface area contributed by atoms with Gasteiger partial charge in [-0.15, -0.1) is 0 Å². The minimum absolute atomic E-state index is 0.126. The Labute approximate surface area is 246 Å². The zero-order valence-corrected chi connectivity index (χ0v) is 25.1. The highest BCUT2D eigenvalue weighted by atomic mass is 32.1. The van der Waals surface area contributed by atoms with Crippen molar-refractivity contribution in [3.8, 4) is 5.75 Å². The summed E-state index contributed by atoms with van der Waals surface area (Å²) in [4.78, 5) is 31.8. The second-order valence-corrected chi connectivity index (χ2v) is 14.1. The molecule has 41 heavy (non-hydrogen) atoms. The fraction of sp³-hybridized carbons (Fsp3) is 0.576. The number of rotatable bonds is 13. The molecule has 3 aromatic rings. The Bertz CT molecular complexity index is 1410. The van der Waals surface area contributed by atoms with Gasteiger partial charge in [0.15, 0.2) is 0 Å². The molecule has 4 aliphatic carbocycles. The van der Waals surface area contributed by atoms with Crippen molar-refractivity contribution in [3.05, 3.63) is 62.8 Å². The van der Waals surface area contributed by atoms with Crippen molar-refractivity contribution in [2.24, 2.45) is 23.5 Å². The van der Waals surface area contributed by atoms with Crippen molar-refractivity contribution < 1.29 is 9.90 Å². The van der Waals surface area contributed by atoms with Crippen LogP contribution in [0, 0.1) is 24.7 Å². The minimum atomic E-state index is -0.245. The smallest absolute Gasteiger partial charge is 0.305 e. The number of fused-ring (bicyclic) bond motifs is 1.